The Bertz CT molecular complexity index is 573. The van der Waals surface area contributed by atoms with Crippen LogP contribution in [0.2, 0.25) is 5.15 Å². The van der Waals surface area contributed by atoms with Crippen molar-refractivity contribution in [1.82, 2.24) is 9.55 Å². The number of nitrogens with zero attached hydrogens (tertiary/aromatic N) is 1. The van der Waals surface area contributed by atoms with Crippen LogP contribution >= 0.6 is 11.6 Å². The van der Waals surface area contributed by atoms with Gasteiger partial charge in [0.25, 0.3) is 5.56 Å². The largest absolute Gasteiger partial charge is 0.381 e. The fourth-order valence-electron chi connectivity index (χ4n) is 2.90. The van der Waals surface area contributed by atoms with Crippen LogP contribution in [-0.4, -0.2) is 22.8 Å². The minimum atomic E-state index is -0.428. The van der Waals surface area contributed by atoms with E-state index in [0.29, 0.717) is 31.7 Å². The van der Waals surface area contributed by atoms with E-state index < -0.39 is 5.69 Å². The van der Waals surface area contributed by atoms with Crippen molar-refractivity contribution >= 4 is 11.6 Å². The predicted molar refractivity (Wildman–Crippen MR) is 83.3 cm³/mol. The summed E-state index contributed by atoms with van der Waals surface area (Å²) in [5.74, 6) is 0.185. The van der Waals surface area contributed by atoms with Crippen molar-refractivity contribution in [3.05, 3.63) is 31.6 Å². The summed E-state index contributed by atoms with van der Waals surface area (Å²) in [6.45, 7) is 3.68. The number of H-pyrrole nitrogens is 1. The van der Waals surface area contributed by atoms with Crippen molar-refractivity contribution in [2.24, 2.45) is 0 Å². The van der Waals surface area contributed by atoms with Crippen molar-refractivity contribution in [1.29, 1.82) is 0 Å². The van der Waals surface area contributed by atoms with Gasteiger partial charge >= 0.3 is 5.69 Å². The second-order valence-electron chi connectivity index (χ2n) is 5.56. The van der Waals surface area contributed by atoms with Gasteiger partial charge in [-0.15, -0.1) is 0 Å². The highest BCUT2D eigenvalue weighted by Gasteiger charge is 2.24. The maximum Gasteiger partial charge on any atom is 0.329 e. The maximum atomic E-state index is 12.5. The zero-order valence-corrected chi connectivity index (χ0v) is 13.2. The molecule has 1 heterocycles. The molecule has 1 aliphatic carbocycles. The van der Waals surface area contributed by atoms with Gasteiger partial charge in [0.05, 0.1) is 5.56 Å². The zero-order valence-electron chi connectivity index (χ0n) is 12.5. The Balaban J connectivity index is 2.15. The quantitative estimate of drug-likeness (QED) is 0.621. The number of rotatable bonds is 7. The summed E-state index contributed by atoms with van der Waals surface area (Å²) in [4.78, 5) is 27.1. The van der Waals surface area contributed by atoms with Gasteiger partial charge in [-0.25, -0.2) is 4.79 Å². The average Bonchev–Trinajstić information content (AvgIpc) is 2.95. The summed E-state index contributed by atoms with van der Waals surface area (Å²) in [5, 5.41) is 0.218. The number of hydrogen-bond donors (Lipinski definition) is 1. The van der Waals surface area contributed by atoms with Gasteiger partial charge in [0.1, 0.15) is 5.15 Å². The van der Waals surface area contributed by atoms with Crippen molar-refractivity contribution < 1.29 is 4.74 Å². The Hall–Kier alpha value is -1.07. The molecule has 118 valence electrons. The third-order valence-corrected chi connectivity index (χ3v) is 4.25. The molecule has 0 saturated heterocycles. The second kappa shape index (κ2) is 7.80. The molecule has 1 fully saturated rings. The molecule has 0 unspecified atom stereocenters. The molecular formula is C15H23ClN2O3. The third-order valence-electron chi connectivity index (χ3n) is 3.96. The summed E-state index contributed by atoms with van der Waals surface area (Å²) in [7, 11) is 0. The molecule has 0 atom stereocenters. The average molecular weight is 315 g/mol. The van der Waals surface area contributed by atoms with Crippen LogP contribution in [0, 0.1) is 0 Å². The Morgan fingerprint density at radius 3 is 2.67 bits per heavy atom. The van der Waals surface area contributed by atoms with Crippen LogP contribution in [-0.2, 0) is 11.3 Å². The minimum absolute atomic E-state index is 0.185. The lowest BCUT2D eigenvalue weighted by atomic mass is 10.0. The molecule has 6 heteroatoms. The smallest absolute Gasteiger partial charge is 0.329 e. The minimum Gasteiger partial charge on any atom is -0.381 e. The van der Waals surface area contributed by atoms with Gasteiger partial charge < -0.3 is 4.74 Å². The molecule has 0 bridgehead atoms. The Kier molecular flexibility index (Phi) is 6.06. The summed E-state index contributed by atoms with van der Waals surface area (Å²) < 4.78 is 6.64. The molecule has 0 amide bonds. The first-order valence-corrected chi connectivity index (χ1v) is 8.13. The topological polar surface area (TPSA) is 64.1 Å². The number of aromatic amines is 1. The molecule has 2 rings (SSSR count). The van der Waals surface area contributed by atoms with Gasteiger partial charge in [0, 0.05) is 19.8 Å². The van der Waals surface area contributed by atoms with E-state index in [2.05, 4.69) is 4.98 Å². The fourth-order valence-corrected chi connectivity index (χ4v) is 3.22. The molecule has 0 aliphatic heterocycles. The first kappa shape index (κ1) is 16.3. The first-order chi connectivity index (χ1) is 10.1. The van der Waals surface area contributed by atoms with E-state index in [-0.39, 0.29) is 16.6 Å². The van der Waals surface area contributed by atoms with Crippen molar-refractivity contribution in [2.45, 2.75) is 57.9 Å². The van der Waals surface area contributed by atoms with Gasteiger partial charge in [-0.2, -0.15) is 0 Å². The van der Waals surface area contributed by atoms with Gasteiger partial charge in [-0.3, -0.25) is 14.3 Å². The van der Waals surface area contributed by atoms with E-state index in [0.717, 1.165) is 32.1 Å². The fraction of sp³-hybridized carbons (Fsp3) is 0.733. The Morgan fingerprint density at radius 2 is 2.00 bits per heavy atom. The molecule has 0 spiro atoms. The molecule has 1 N–H and O–H groups in total. The third kappa shape index (κ3) is 3.98. The van der Waals surface area contributed by atoms with Crippen molar-refractivity contribution in [3.8, 4) is 0 Å². The standard InChI is InChI=1S/C15H23ClN2O3/c1-2-9-21-10-5-8-18-14(19)12(11-6-3-4-7-11)13(16)17-15(18)20/h11H,2-10H2,1H3,(H,17,20). The van der Waals surface area contributed by atoms with E-state index in [1.54, 1.807) is 0 Å². The number of hydrogen-bond acceptors (Lipinski definition) is 3. The molecule has 1 saturated carbocycles. The highest BCUT2D eigenvalue weighted by Crippen LogP contribution is 2.34. The first-order valence-electron chi connectivity index (χ1n) is 7.75. The van der Waals surface area contributed by atoms with Crippen molar-refractivity contribution in [2.75, 3.05) is 13.2 Å². The van der Waals surface area contributed by atoms with Gasteiger partial charge in [0.15, 0.2) is 0 Å². The highest BCUT2D eigenvalue weighted by molar-refractivity contribution is 6.30. The molecule has 21 heavy (non-hydrogen) atoms. The van der Waals surface area contributed by atoms with E-state index in [9.17, 15) is 9.59 Å². The molecular weight excluding hydrogens is 292 g/mol. The maximum absolute atomic E-state index is 12.5. The van der Waals surface area contributed by atoms with Gasteiger partial charge in [-0.1, -0.05) is 31.4 Å². The highest BCUT2D eigenvalue weighted by atomic mass is 35.5. The van der Waals surface area contributed by atoms with E-state index >= 15 is 0 Å². The lowest BCUT2D eigenvalue weighted by Crippen LogP contribution is -2.38. The second-order valence-corrected chi connectivity index (χ2v) is 5.94. The molecule has 0 radical (unpaired) electrons. The molecule has 1 aromatic heterocycles. The SMILES string of the molecule is CCCOCCCn1c(=O)[nH]c(Cl)c(C2CCCC2)c1=O. The lowest BCUT2D eigenvalue weighted by molar-refractivity contribution is 0.129. The Labute approximate surface area is 129 Å². The number of ether oxygens (including phenoxy) is 1. The molecule has 5 nitrogen and oxygen atoms in total. The summed E-state index contributed by atoms with van der Waals surface area (Å²) >= 11 is 6.10. The van der Waals surface area contributed by atoms with Crippen LogP contribution in [0.4, 0.5) is 0 Å². The number of aromatic nitrogens is 2. The number of halogens is 1. The lowest BCUT2D eigenvalue weighted by Gasteiger charge is -2.13. The van der Waals surface area contributed by atoms with Crippen LogP contribution in [0.15, 0.2) is 9.59 Å². The van der Waals surface area contributed by atoms with Crippen LogP contribution in [0.1, 0.15) is 56.9 Å². The van der Waals surface area contributed by atoms with Crippen LogP contribution in [0.3, 0.4) is 0 Å². The van der Waals surface area contributed by atoms with Gasteiger partial charge in [0.2, 0.25) is 0 Å². The molecule has 1 aromatic rings. The summed E-state index contributed by atoms with van der Waals surface area (Å²) in [6.07, 6.45) is 5.79. The summed E-state index contributed by atoms with van der Waals surface area (Å²) in [6, 6.07) is 0. The van der Waals surface area contributed by atoms with E-state index in [1.807, 2.05) is 6.92 Å². The Morgan fingerprint density at radius 1 is 1.29 bits per heavy atom. The van der Waals surface area contributed by atoms with Crippen LogP contribution < -0.4 is 11.2 Å². The van der Waals surface area contributed by atoms with E-state index in [1.165, 1.54) is 4.57 Å². The van der Waals surface area contributed by atoms with Crippen LogP contribution in [0.5, 0.6) is 0 Å². The number of nitrogens with one attached hydrogen (secondary N) is 1. The van der Waals surface area contributed by atoms with E-state index in [4.69, 9.17) is 16.3 Å². The normalized spacial score (nSPS) is 15.7. The molecule has 0 aromatic carbocycles. The zero-order chi connectivity index (χ0) is 15.2. The van der Waals surface area contributed by atoms with Gasteiger partial charge in [-0.05, 0) is 31.6 Å². The molecule has 1 aliphatic rings. The predicted octanol–water partition coefficient (Wildman–Crippen LogP) is 2.66. The van der Waals surface area contributed by atoms with Crippen molar-refractivity contribution in [3.63, 3.8) is 0 Å². The monoisotopic (exact) mass is 314 g/mol. The summed E-state index contributed by atoms with van der Waals surface area (Å²) in [5.41, 5.74) is -0.0726. The van der Waals surface area contributed by atoms with Crippen LogP contribution in [0.25, 0.3) is 0 Å².